The lowest BCUT2D eigenvalue weighted by atomic mass is 9.84. The largest absolute Gasteiger partial charge is 0.508 e. The van der Waals surface area contributed by atoms with Crippen molar-refractivity contribution in [3.05, 3.63) is 47.5 Å². The van der Waals surface area contributed by atoms with E-state index in [0.717, 1.165) is 11.1 Å². The second-order valence-corrected chi connectivity index (χ2v) is 6.54. The Morgan fingerprint density at radius 1 is 1.08 bits per heavy atom. The summed E-state index contributed by atoms with van der Waals surface area (Å²) in [4.78, 5) is 0. The molecule has 26 heavy (non-hydrogen) atoms. The number of phenols is 2. The second kappa shape index (κ2) is 7.85. The smallest absolute Gasteiger partial charge is 0.160 e. The van der Waals surface area contributed by atoms with E-state index in [0.29, 0.717) is 24.5 Å². The van der Waals surface area contributed by atoms with Crippen LogP contribution in [0.25, 0.3) is 0 Å². The van der Waals surface area contributed by atoms with Crippen LogP contribution in [0.3, 0.4) is 0 Å². The standard InChI is InChI=1S/C20H24O6/c1-24-16-8-13(7-15(22)9-16)20-17(10-21)14(11-26-20)5-12-3-4-18(23)19(6-12)25-2/h3-4,6-9,14,17,20-23H,5,10-11H2,1-2H3. The van der Waals surface area contributed by atoms with Crippen molar-refractivity contribution in [1.82, 2.24) is 0 Å². The maximum Gasteiger partial charge on any atom is 0.160 e. The van der Waals surface area contributed by atoms with Crippen LogP contribution in [-0.2, 0) is 11.2 Å². The average molecular weight is 360 g/mol. The Labute approximate surface area is 152 Å². The van der Waals surface area contributed by atoms with E-state index >= 15 is 0 Å². The minimum absolute atomic E-state index is 0.0253. The molecule has 3 unspecified atom stereocenters. The van der Waals surface area contributed by atoms with E-state index in [1.54, 1.807) is 25.3 Å². The van der Waals surface area contributed by atoms with Gasteiger partial charge in [-0.1, -0.05) is 6.07 Å². The van der Waals surface area contributed by atoms with Crippen LogP contribution in [0.15, 0.2) is 36.4 Å². The van der Waals surface area contributed by atoms with Crippen LogP contribution >= 0.6 is 0 Å². The number of benzene rings is 2. The number of phenolic OH excluding ortho intramolecular Hbond substituents is 2. The highest BCUT2D eigenvalue weighted by molar-refractivity contribution is 5.42. The molecule has 140 valence electrons. The summed E-state index contributed by atoms with van der Waals surface area (Å²) in [5.74, 6) is 1.17. The van der Waals surface area contributed by atoms with Gasteiger partial charge in [0.25, 0.3) is 0 Å². The first-order valence-electron chi connectivity index (χ1n) is 8.52. The minimum Gasteiger partial charge on any atom is -0.508 e. The Hall–Kier alpha value is -2.44. The number of hydrogen-bond acceptors (Lipinski definition) is 6. The number of aliphatic hydroxyl groups is 1. The van der Waals surface area contributed by atoms with Gasteiger partial charge < -0.3 is 29.5 Å². The van der Waals surface area contributed by atoms with Gasteiger partial charge >= 0.3 is 0 Å². The van der Waals surface area contributed by atoms with Gasteiger partial charge in [-0.3, -0.25) is 0 Å². The maximum absolute atomic E-state index is 9.95. The quantitative estimate of drug-likeness (QED) is 0.734. The summed E-state index contributed by atoms with van der Waals surface area (Å²) >= 11 is 0. The average Bonchev–Trinajstić information content (AvgIpc) is 3.05. The first kappa shape index (κ1) is 18.4. The monoisotopic (exact) mass is 360 g/mol. The van der Waals surface area contributed by atoms with Gasteiger partial charge in [-0.25, -0.2) is 0 Å². The van der Waals surface area contributed by atoms with Crippen molar-refractivity contribution in [2.75, 3.05) is 27.4 Å². The van der Waals surface area contributed by atoms with E-state index in [2.05, 4.69) is 0 Å². The number of rotatable bonds is 6. The van der Waals surface area contributed by atoms with Gasteiger partial charge in [-0.05, 0) is 47.7 Å². The van der Waals surface area contributed by atoms with Crippen LogP contribution in [0.4, 0.5) is 0 Å². The summed E-state index contributed by atoms with van der Waals surface area (Å²) in [5, 5.41) is 29.6. The summed E-state index contributed by atoms with van der Waals surface area (Å²) in [5.41, 5.74) is 1.78. The third-order valence-corrected chi connectivity index (χ3v) is 4.91. The molecule has 1 heterocycles. The van der Waals surface area contributed by atoms with E-state index in [1.165, 1.54) is 13.2 Å². The molecule has 1 fully saturated rings. The van der Waals surface area contributed by atoms with Gasteiger partial charge in [-0.2, -0.15) is 0 Å². The first-order chi connectivity index (χ1) is 12.5. The number of aliphatic hydroxyl groups excluding tert-OH is 1. The van der Waals surface area contributed by atoms with Gasteiger partial charge in [0.15, 0.2) is 11.5 Å². The lowest BCUT2D eigenvalue weighted by Crippen LogP contribution is -2.21. The molecule has 1 aliphatic heterocycles. The maximum atomic E-state index is 9.95. The molecule has 0 saturated carbocycles. The summed E-state index contributed by atoms with van der Waals surface area (Å²) in [6.07, 6.45) is 0.374. The van der Waals surface area contributed by atoms with Crippen LogP contribution in [0.2, 0.25) is 0 Å². The zero-order chi connectivity index (χ0) is 18.7. The fourth-order valence-corrected chi connectivity index (χ4v) is 3.56. The van der Waals surface area contributed by atoms with Gasteiger partial charge in [0.2, 0.25) is 0 Å². The SMILES string of the molecule is COc1cc(O)cc(C2OCC(Cc3ccc(O)c(OC)c3)C2CO)c1. The third kappa shape index (κ3) is 3.71. The molecule has 0 aromatic heterocycles. The molecule has 3 rings (SSSR count). The number of methoxy groups -OCH3 is 2. The molecule has 0 bridgehead atoms. The van der Waals surface area contributed by atoms with Crippen LogP contribution in [-0.4, -0.2) is 42.8 Å². The second-order valence-electron chi connectivity index (χ2n) is 6.54. The van der Waals surface area contributed by atoms with Crippen molar-refractivity contribution in [3.63, 3.8) is 0 Å². The number of aromatic hydroxyl groups is 2. The van der Waals surface area contributed by atoms with E-state index in [9.17, 15) is 15.3 Å². The summed E-state index contributed by atoms with van der Waals surface area (Å²) in [6, 6.07) is 10.2. The van der Waals surface area contributed by atoms with Crippen molar-refractivity contribution in [1.29, 1.82) is 0 Å². The predicted octanol–water partition coefficient (Wildman–Crippen LogP) is 2.65. The Morgan fingerprint density at radius 3 is 2.58 bits per heavy atom. The first-order valence-corrected chi connectivity index (χ1v) is 8.52. The van der Waals surface area contributed by atoms with Crippen molar-refractivity contribution in [2.24, 2.45) is 11.8 Å². The normalized spacial score (nSPS) is 22.3. The fraction of sp³-hybridized carbons (Fsp3) is 0.400. The van der Waals surface area contributed by atoms with Crippen LogP contribution in [0.5, 0.6) is 23.0 Å². The van der Waals surface area contributed by atoms with Crippen molar-refractivity contribution < 1.29 is 29.5 Å². The minimum atomic E-state index is -0.315. The summed E-state index contributed by atoms with van der Waals surface area (Å²) < 4.78 is 16.3. The molecule has 3 N–H and O–H groups in total. The third-order valence-electron chi connectivity index (χ3n) is 4.91. The molecule has 1 aliphatic rings. The zero-order valence-electron chi connectivity index (χ0n) is 14.9. The van der Waals surface area contributed by atoms with Crippen LogP contribution < -0.4 is 9.47 Å². The Morgan fingerprint density at radius 2 is 1.88 bits per heavy atom. The molecule has 0 spiro atoms. The molecule has 0 amide bonds. The molecule has 0 aliphatic carbocycles. The van der Waals surface area contributed by atoms with E-state index in [-0.39, 0.29) is 36.0 Å². The molecular formula is C20H24O6. The molecular weight excluding hydrogens is 336 g/mol. The van der Waals surface area contributed by atoms with Crippen LogP contribution in [0.1, 0.15) is 17.2 Å². The predicted molar refractivity (Wildman–Crippen MR) is 95.8 cm³/mol. The number of ether oxygens (including phenoxy) is 3. The van der Waals surface area contributed by atoms with Crippen molar-refractivity contribution in [3.8, 4) is 23.0 Å². The van der Waals surface area contributed by atoms with E-state index < -0.39 is 0 Å². The molecule has 3 atom stereocenters. The molecule has 0 radical (unpaired) electrons. The van der Waals surface area contributed by atoms with Gasteiger partial charge in [0, 0.05) is 18.6 Å². The van der Waals surface area contributed by atoms with Crippen molar-refractivity contribution >= 4 is 0 Å². The van der Waals surface area contributed by atoms with E-state index in [4.69, 9.17) is 14.2 Å². The molecule has 6 nitrogen and oxygen atoms in total. The van der Waals surface area contributed by atoms with E-state index in [1.807, 2.05) is 12.1 Å². The molecule has 2 aromatic carbocycles. The summed E-state index contributed by atoms with van der Waals surface area (Å²) in [6.45, 7) is 0.472. The Kier molecular flexibility index (Phi) is 5.54. The lowest BCUT2D eigenvalue weighted by Gasteiger charge is -2.22. The molecule has 1 saturated heterocycles. The summed E-state index contributed by atoms with van der Waals surface area (Å²) in [7, 11) is 3.05. The Balaban J connectivity index is 1.80. The van der Waals surface area contributed by atoms with Gasteiger partial charge in [-0.15, -0.1) is 0 Å². The van der Waals surface area contributed by atoms with Gasteiger partial charge in [0.1, 0.15) is 11.5 Å². The van der Waals surface area contributed by atoms with Gasteiger partial charge in [0.05, 0.1) is 26.9 Å². The topological polar surface area (TPSA) is 88.4 Å². The zero-order valence-corrected chi connectivity index (χ0v) is 14.9. The lowest BCUT2D eigenvalue weighted by molar-refractivity contribution is 0.0715. The van der Waals surface area contributed by atoms with Crippen molar-refractivity contribution in [2.45, 2.75) is 12.5 Å². The highest BCUT2D eigenvalue weighted by Gasteiger charge is 2.38. The van der Waals surface area contributed by atoms with Crippen LogP contribution in [0, 0.1) is 11.8 Å². The highest BCUT2D eigenvalue weighted by Crippen LogP contribution is 2.42. The molecule has 2 aromatic rings. The Bertz CT molecular complexity index is 760. The number of hydrogen-bond donors (Lipinski definition) is 3. The molecule has 6 heteroatoms. The fourth-order valence-electron chi connectivity index (χ4n) is 3.56. The highest BCUT2D eigenvalue weighted by atomic mass is 16.5.